The third-order valence-corrected chi connectivity index (χ3v) is 3.36. The van der Waals surface area contributed by atoms with Gasteiger partial charge in [-0.25, -0.2) is 9.97 Å². The van der Waals surface area contributed by atoms with Crippen molar-refractivity contribution in [2.24, 2.45) is 0 Å². The highest BCUT2D eigenvalue weighted by Gasteiger charge is 2.31. The second-order valence-electron chi connectivity index (χ2n) is 4.64. The van der Waals surface area contributed by atoms with Crippen molar-refractivity contribution in [2.45, 2.75) is 31.3 Å². The van der Waals surface area contributed by atoms with E-state index in [0.717, 1.165) is 25.7 Å². The predicted octanol–water partition coefficient (Wildman–Crippen LogP) is 1.24. The number of aliphatic hydroxyl groups is 1. The number of methoxy groups -OCH3 is 1. The second-order valence-corrected chi connectivity index (χ2v) is 4.64. The van der Waals surface area contributed by atoms with Crippen LogP contribution in [0.5, 0.6) is 5.75 Å². The molecule has 1 aliphatic carbocycles. The average Bonchev–Trinajstić information content (AvgIpc) is 2.83. The highest BCUT2D eigenvalue weighted by molar-refractivity contribution is 5.63. The van der Waals surface area contributed by atoms with Crippen molar-refractivity contribution < 1.29 is 9.84 Å². The molecular weight excluding hydrogens is 232 g/mol. The number of ether oxygens (including phenoxy) is 1. The molecule has 18 heavy (non-hydrogen) atoms. The quantitative estimate of drug-likeness (QED) is 0.732. The molecule has 100 valence electrons. The van der Waals surface area contributed by atoms with E-state index < -0.39 is 5.60 Å². The van der Waals surface area contributed by atoms with Crippen LogP contribution in [0.1, 0.15) is 25.7 Å². The normalized spacial score (nSPS) is 17.5. The molecule has 1 fully saturated rings. The minimum Gasteiger partial charge on any atom is -0.490 e. The van der Waals surface area contributed by atoms with Gasteiger partial charge in [-0.05, 0) is 12.8 Å². The van der Waals surface area contributed by atoms with Gasteiger partial charge in [0.05, 0.1) is 12.7 Å². The molecule has 2 rings (SSSR count). The molecule has 0 aliphatic heterocycles. The molecule has 1 heterocycles. The van der Waals surface area contributed by atoms with E-state index in [9.17, 15) is 5.11 Å². The van der Waals surface area contributed by atoms with E-state index in [1.807, 2.05) is 0 Å². The summed E-state index contributed by atoms with van der Waals surface area (Å²) in [4.78, 5) is 8.23. The molecule has 1 aromatic rings. The summed E-state index contributed by atoms with van der Waals surface area (Å²) in [5.41, 5.74) is -0.615. The molecule has 0 unspecified atom stereocenters. The molecule has 0 aromatic carbocycles. The first kappa shape index (κ1) is 12.9. The third-order valence-electron chi connectivity index (χ3n) is 3.36. The Balaban J connectivity index is 2.09. The van der Waals surface area contributed by atoms with Crippen LogP contribution in [0.4, 0.5) is 11.6 Å². The average molecular weight is 252 g/mol. The van der Waals surface area contributed by atoms with Gasteiger partial charge in [-0.2, -0.15) is 0 Å². The van der Waals surface area contributed by atoms with Gasteiger partial charge in [0.1, 0.15) is 6.33 Å². The number of nitrogens with one attached hydrogen (secondary N) is 2. The number of anilines is 2. The van der Waals surface area contributed by atoms with Crippen molar-refractivity contribution in [2.75, 3.05) is 31.3 Å². The van der Waals surface area contributed by atoms with Crippen molar-refractivity contribution in [1.29, 1.82) is 0 Å². The molecule has 0 radical (unpaired) electrons. The van der Waals surface area contributed by atoms with Crippen LogP contribution in [0.3, 0.4) is 0 Å². The van der Waals surface area contributed by atoms with Crippen LogP contribution >= 0.6 is 0 Å². The summed E-state index contributed by atoms with van der Waals surface area (Å²) in [6, 6.07) is 0. The lowest BCUT2D eigenvalue weighted by molar-refractivity contribution is 0.0613. The summed E-state index contributed by atoms with van der Waals surface area (Å²) < 4.78 is 5.28. The van der Waals surface area contributed by atoms with E-state index in [-0.39, 0.29) is 0 Å². The number of hydrogen-bond acceptors (Lipinski definition) is 6. The van der Waals surface area contributed by atoms with Crippen molar-refractivity contribution in [3.8, 4) is 5.75 Å². The van der Waals surface area contributed by atoms with Crippen LogP contribution in [-0.2, 0) is 0 Å². The molecule has 1 aliphatic rings. The standard InChI is InChI=1S/C12H20N4O2/c1-13-10-9(18-2)11(16-8-15-10)14-7-12(17)5-3-4-6-12/h8,17H,3-7H2,1-2H3,(H2,13,14,15,16). The maximum absolute atomic E-state index is 10.3. The summed E-state index contributed by atoms with van der Waals surface area (Å²) in [5.74, 6) is 1.81. The lowest BCUT2D eigenvalue weighted by Crippen LogP contribution is -2.33. The molecule has 0 spiro atoms. The Morgan fingerprint density at radius 3 is 2.61 bits per heavy atom. The summed E-state index contributed by atoms with van der Waals surface area (Å²) in [7, 11) is 3.36. The number of nitrogens with zero attached hydrogens (tertiary/aromatic N) is 2. The molecule has 1 saturated carbocycles. The highest BCUT2D eigenvalue weighted by atomic mass is 16.5. The maximum Gasteiger partial charge on any atom is 0.204 e. The molecule has 0 atom stereocenters. The maximum atomic E-state index is 10.3. The molecule has 0 amide bonds. The molecule has 1 aromatic heterocycles. The Morgan fingerprint density at radius 2 is 2.00 bits per heavy atom. The van der Waals surface area contributed by atoms with E-state index in [1.54, 1.807) is 14.2 Å². The summed E-state index contributed by atoms with van der Waals surface area (Å²) >= 11 is 0. The van der Waals surface area contributed by atoms with Gasteiger partial charge in [-0.3, -0.25) is 0 Å². The number of aromatic nitrogens is 2. The van der Waals surface area contributed by atoms with Gasteiger partial charge in [0, 0.05) is 13.6 Å². The zero-order valence-corrected chi connectivity index (χ0v) is 10.9. The summed E-state index contributed by atoms with van der Waals surface area (Å²) in [5, 5.41) is 16.4. The van der Waals surface area contributed by atoms with Gasteiger partial charge in [0.15, 0.2) is 11.6 Å². The first-order chi connectivity index (χ1) is 8.68. The van der Waals surface area contributed by atoms with Crippen molar-refractivity contribution in [3.63, 3.8) is 0 Å². The Morgan fingerprint density at radius 1 is 1.33 bits per heavy atom. The third kappa shape index (κ3) is 2.64. The lowest BCUT2D eigenvalue weighted by Gasteiger charge is -2.23. The van der Waals surface area contributed by atoms with Crippen molar-refractivity contribution in [3.05, 3.63) is 6.33 Å². The summed E-state index contributed by atoms with van der Waals surface area (Å²) in [6.07, 6.45) is 5.32. The van der Waals surface area contributed by atoms with Crippen LogP contribution in [-0.4, -0.2) is 41.4 Å². The Labute approximate surface area is 107 Å². The van der Waals surface area contributed by atoms with E-state index >= 15 is 0 Å². The second kappa shape index (κ2) is 5.39. The number of hydrogen-bond donors (Lipinski definition) is 3. The van der Waals surface area contributed by atoms with E-state index in [2.05, 4.69) is 20.6 Å². The van der Waals surface area contributed by atoms with Crippen LogP contribution in [0.15, 0.2) is 6.33 Å². The van der Waals surface area contributed by atoms with Gasteiger partial charge in [0.25, 0.3) is 0 Å². The zero-order chi connectivity index (χ0) is 13.0. The van der Waals surface area contributed by atoms with Crippen LogP contribution in [0.25, 0.3) is 0 Å². The minimum absolute atomic E-state index is 0.490. The van der Waals surface area contributed by atoms with Gasteiger partial charge in [0.2, 0.25) is 5.75 Å². The first-order valence-electron chi connectivity index (χ1n) is 6.21. The lowest BCUT2D eigenvalue weighted by atomic mass is 10.0. The molecule has 3 N–H and O–H groups in total. The van der Waals surface area contributed by atoms with Gasteiger partial charge >= 0.3 is 0 Å². The van der Waals surface area contributed by atoms with Crippen LogP contribution in [0, 0.1) is 0 Å². The van der Waals surface area contributed by atoms with Crippen molar-refractivity contribution >= 4 is 11.6 Å². The minimum atomic E-state index is -0.615. The number of rotatable bonds is 5. The van der Waals surface area contributed by atoms with Gasteiger partial charge in [-0.1, -0.05) is 12.8 Å². The Hall–Kier alpha value is -1.56. The van der Waals surface area contributed by atoms with Crippen molar-refractivity contribution in [1.82, 2.24) is 9.97 Å². The first-order valence-corrected chi connectivity index (χ1v) is 6.21. The zero-order valence-electron chi connectivity index (χ0n) is 10.9. The predicted molar refractivity (Wildman–Crippen MR) is 70.0 cm³/mol. The fraction of sp³-hybridized carbons (Fsp3) is 0.667. The monoisotopic (exact) mass is 252 g/mol. The van der Waals surface area contributed by atoms with E-state index in [1.165, 1.54) is 6.33 Å². The van der Waals surface area contributed by atoms with Gasteiger partial charge in [-0.15, -0.1) is 0 Å². The molecule has 6 nitrogen and oxygen atoms in total. The molecule has 0 bridgehead atoms. The Bertz CT molecular complexity index is 405. The Kier molecular flexibility index (Phi) is 3.86. The smallest absolute Gasteiger partial charge is 0.204 e. The molecular formula is C12H20N4O2. The van der Waals surface area contributed by atoms with E-state index in [4.69, 9.17) is 4.74 Å². The van der Waals surface area contributed by atoms with E-state index in [0.29, 0.717) is 23.9 Å². The van der Waals surface area contributed by atoms with Gasteiger partial charge < -0.3 is 20.5 Å². The molecule has 6 heteroatoms. The van der Waals surface area contributed by atoms with Crippen LogP contribution in [0.2, 0.25) is 0 Å². The largest absolute Gasteiger partial charge is 0.490 e. The fourth-order valence-corrected chi connectivity index (χ4v) is 2.33. The SMILES string of the molecule is CNc1ncnc(NCC2(O)CCCC2)c1OC. The molecule has 0 saturated heterocycles. The van der Waals surface area contributed by atoms with Crippen LogP contribution < -0.4 is 15.4 Å². The fourth-order valence-electron chi connectivity index (χ4n) is 2.33. The highest BCUT2D eigenvalue weighted by Crippen LogP contribution is 2.32. The summed E-state index contributed by atoms with van der Waals surface area (Å²) in [6.45, 7) is 0.490. The topological polar surface area (TPSA) is 79.3 Å².